The molecular formula is C16H22N6O2. The zero-order valence-corrected chi connectivity index (χ0v) is 14.3. The largest absolute Gasteiger partial charge is 0.333 e. The minimum Gasteiger partial charge on any atom is -0.333 e. The Morgan fingerprint density at radius 1 is 1.17 bits per heavy atom. The Kier molecular flexibility index (Phi) is 5.28. The zero-order valence-electron chi connectivity index (χ0n) is 14.3. The van der Waals surface area contributed by atoms with E-state index in [-0.39, 0.29) is 6.54 Å². The Balaban J connectivity index is 1.95. The Morgan fingerprint density at radius 3 is 2.42 bits per heavy atom. The van der Waals surface area contributed by atoms with Gasteiger partial charge in [-0.25, -0.2) is 4.79 Å². The van der Waals surface area contributed by atoms with Crippen molar-refractivity contribution in [3.8, 4) is 11.4 Å². The van der Waals surface area contributed by atoms with Gasteiger partial charge in [0.25, 0.3) is 5.91 Å². The van der Waals surface area contributed by atoms with Crippen LogP contribution in [0.15, 0.2) is 24.3 Å². The van der Waals surface area contributed by atoms with Gasteiger partial charge in [0.05, 0.1) is 0 Å². The van der Waals surface area contributed by atoms with Crippen LogP contribution in [0.1, 0.15) is 33.3 Å². The van der Waals surface area contributed by atoms with E-state index in [1.807, 2.05) is 45.0 Å². The lowest BCUT2D eigenvalue weighted by atomic mass is 10.1. The zero-order chi connectivity index (χ0) is 17.7. The molecule has 0 atom stereocenters. The first kappa shape index (κ1) is 17.6. The molecule has 1 heterocycles. The lowest BCUT2D eigenvalue weighted by Crippen LogP contribution is -2.49. The molecule has 128 valence electrons. The van der Waals surface area contributed by atoms with Gasteiger partial charge in [-0.05, 0) is 38.0 Å². The van der Waals surface area contributed by atoms with Crippen molar-refractivity contribution in [2.45, 2.75) is 46.2 Å². The summed E-state index contributed by atoms with van der Waals surface area (Å²) in [6.45, 7) is 7.37. The minimum absolute atomic E-state index is 0.183. The van der Waals surface area contributed by atoms with E-state index in [1.165, 1.54) is 5.56 Å². The highest BCUT2D eigenvalue weighted by atomic mass is 16.2. The van der Waals surface area contributed by atoms with Gasteiger partial charge in [0.1, 0.15) is 6.54 Å². The van der Waals surface area contributed by atoms with E-state index in [2.05, 4.69) is 33.0 Å². The van der Waals surface area contributed by atoms with Crippen LogP contribution in [0.25, 0.3) is 11.4 Å². The molecule has 24 heavy (non-hydrogen) atoms. The summed E-state index contributed by atoms with van der Waals surface area (Å²) in [5, 5.41) is 16.8. The van der Waals surface area contributed by atoms with Gasteiger partial charge in [0.15, 0.2) is 0 Å². The van der Waals surface area contributed by atoms with Crippen molar-refractivity contribution in [3.63, 3.8) is 0 Å². The Hall–Kier alpha value is -2.77. The smallest absolute Gasteiger partial charge is 0.321 e. The van der Waals surface area contributed by atoms with E-state index in [0.29, 0.717) is 5.82 Å². The van der Waals surface area contributed by atoms with Crippen LogP contribution in [0.2, 0.25) is 0 Å². The second-order valence-corrected chi connectivity index (χ2v) is 6.45. The number of aromatic nitrogens is 4. The first-order valence-electron chi connectivity index (χ1n) is 7.76. The molecule has 0 fully saturated rings. The van der Waals surface area contributed by atoms with Crippen molar-refractivity contribution in [3.05, 3.63) is 29.8 Å². The Bertz CT molecular complexity index is 715. The maximum absolute atomic E-state index is 11.8. The molecule has 0 saturated carbocycles. The molecule has 0 saturated heterocycles. The Morgan fingerprint density at radius 2 is 1.83 bits per heavy atom. The number of amides is 3. The first-order valence-corrected chi connectivity index (χ1v) is 7.76. The SMILES string of the molecule is CCc1ccc(-c2nnn(CC(=O)NC(=O)NC(C)(C)C)n2)cc1. The molecule has 2 aromatic rings. The number of carbonyl (C=O) groups is 2. The second kappa shape index (κ2) is 7.20. The topological polar surface area (TPSA) is 102 Å². The van der Waals surface area contributed by atoms with Gasteiger partial charge in [0, 0.05) is 11.1 Å². The maximum atomic E-state index is 11.8. The van der Waals surface area contributed by atoms with E-state index < -0.39 is 17.5 Å². The van der Waals surface area contributed by atoms with Crippen LogP contribution >= 0.6 is 0 Å². The van der Waals surface area contributed by atoms with Crippen molar-refractivity contribution >= 4 is 11.9 Å². The highest BCUT2D eigenvalue weighted by Crippen LogP contribution is 2.14. The standard InChI is InChI=1S/C16H22N6O2/c1-5-11-6-8-12(9-7-11)14-19-21-22(20-14)10-13(23)17-15(24)18-16(2,3)4/h6-9H,5,10H2,1-4H3,(H2,17,18,23,24). The number of nitrogens with zero attached hydrogens (tertiary/aromatic N) is 4. The lowest BCUT2D eigenvalue weighted by Gasteiger charge is -2.20. The van der Waals surface area contributed by atoms with Crippen LogP contribution in [-0.4, -0.2) is 37.7 Å². The molecule has 0 aliphatic rings. The van der Waals surface area contributed by atoms with E-state index >= 15 is 0 Å². The number of rotatable bonds is 4. The van der Waals surface area contributed by atoms with Gasteiger partial charge < -0.3 is 5.32 Å². The predicted octanol–water partition coefficient (Wildman–Crippen LogP) is 1.53. The summed E-state index contributed by atoms with van der Waals surface area (Å²) >= 11 is 0. The third-order valence-corrected chi connectivity index (χ3v) is 3.10. The molecular weight excluding hydrogens is 308 g/mol. The summed E-state index contributed by atoms with van der Waals surface area (Å²) in [4.78, 5) is 24.6. The number of aryl methyl sites for hydroxylation is 1. The monoisotopic (exact) mass is 330 g/mol. The number of carbonyl (C=O) groups excluding carboxylic acids is 2. The highest BCUT2D eigenvalue weighted by Gasteiger charge is 2.16. The van der Waals surface area contributed by atoms with Crippen LogP contribution in [-0.2, 0) is 17.8 Å². The molecule has 8 heteroatoms. The number of nitrogens with one attached hydrogen (secondary N) is 2. The number of urea groups is 1. The van der Waals surface area contributed by atoms with Crippen LogP contribution < -0.4 is 10.6 Å². The van der Waals surface area contributed by atoms with E-state index in [1.54, 1.807) is 0 Å². The van der Waals surface area contributed by atoms with Gasteiger partial charge in [-0.2, -0.15) is 4.80 Å². The number of hydrogen-bond acceptors (Lipinski definition) is 5. The first-order chi connectivity index (χ1) is 11.3. The summed E-state index contributed by atoms with van der Waals surface area (Å²) in [5.41, 5.74) is 1.62. The third kappa shape index (κ3) is 5.15. The molecule has 0 aliphatic carbocycles. The van der Waals surface area contributed by atoms with Crippen molar-refractivity contribution in [1.29, 1.82) is 0 Å². The Labute approximate surface area is 140 Å². The van der Waals surface area contributed by atoms with Crippen LogP contribution in [0.4, 0.5) is 4.79 Å². The summed E-state index contributed by atoms with van der Waals surface area (Å²) in [6, 6.07) is 7.27. The molecule has 0 radical (unpaired) electrons. The van der Waals surface area contributed by atoms with Crippen molar-refractivity contribution in [1.82, 2.24) is 30.8 Å². The number of tetrazole rings is 1. The van der Waals surface area contributed by atoms with E-state index in [9.17, 15) is 9.59 Å². The highest BCUT2D eigenvalue weighted by molar-refractivity contribution is 5.94. The summed E-state index contributed by atoms with van der Waals surface area (Å²) in [6.07, 6.45) is 0.956. The lowest BCUT2D eigenvalue weighted by molar-refractivity contribution is -0.121. The molecule has 0 bridgehead atoms. The average Bonchev–Trinajstić information content (AvgIpc) is 2.93. The third-order valence-electron chi connectivity index (χ3n) is 3.10. The van der Waals surface area contributed by atoms with Gasteiger partial charge in [0.2, 0.25) is 5.82 Å². The quantitative estimate of drug-likeness (QED) is 0.885. The predicted molar refractivity (Wildman–Crippen MR) is 89.1 cm³/mol. The number of benzene rings is 1. The molecule has 0 unspecified atom stereocenters. The molecule has 2 N–H and O–H groups in total. The van der Waals surface area contributed by atoms with Gasteiger partial charge in [-0.1, -0.05) is 31.2 Å². The van der Waals surface area contributed by atoms with Gasteiger partial charge in [-0.15, -0.1) is 10.2 Å². The van der Waals surface area contributed by atoms with Gasteiger partial charge >= 0.3 is 6.03 Å². The number of hydrogen-bond donors (Lipinski definition) is 2. The fourth-order valence-electron chi connectivity index (χ4n) is 1.98. The summed E-state index contributed by atoms with van der Waals surface area (Å²) in [5.74, 6) is -0.0772. The minimum atomic E-state index is -0.553. The van der Waals surface area contributed by atoms with Crippen molar-refractivity contribution in [2.75, 3.05) is 0 Å². The van der Waals surface area contributed by atoms with E-state index in [4.69, 9.17) is 0 Å². The fourth-order valence-corrected chi connectivity index (χ4v) is 1.98. The maximum Gasteiger partial charge on any atom is 0.321 e. The fraction of sp³-hybridized carbons (Fsp3) is 0.438. The molecule has 0 spiro atoms. The van der Waals surface area contributed by atoms with Crippen LogP contribution in [0, 0.1) is 0 Å². The van der Waals surface area contributed by atoms with Crippen molar-refractivity contribution < 1.29 is 9.59 Å². The van der Waals surface area contributed by atoms with Crippen molar-refractivity contribution in [2.24, 2.45) is 0 Å². The summed E-state index contributed by atoms with van der Waals surface area (Å²) in [7, 11) is 0. The molecule has 1 aromatic carbocycles. The van der Waals surface area contributed by atoms with Crippen LogP contribution in [0.5, 0.6) is 0 Å². The van der Waals surface area contributed by atoms with Crippen LogP contribution in [0.3, 0.4) is 0 Å². The molecule has 3 amide bonds. The number of imide groups is 1. The molecule has 8 nitrogen and oxygen atoms in total. The average molecular weight is 330 g/mol. The normalized spacial score (nSPS) is 11.2. The van der Waals surface area contributed by atoms with E-state index in [0.717, 1.165) is 16.8 Å². The molecule has 1 aromatic heterocycles. The summed E-state index contributed by atoms with van der Waals surface area (Å²) < 4.78 is 0. The second-order valence-electron chi connectivity index (χ2n) is 6.45. The van der Waals surface area contributed by atoms with Gasteiger partial charge in [-0.3, -0.25) is 10.1 Å². The molecule has 2 rings (SSSR count). The molecule has 0 aliphatic heterocycles.